The minimum absolute atomic E-state index is 0.392. The Bertz CT molecular complexity index is 299. The van der Waals surface area contributed by atoms with E-state index in [9.17, 15) is 5.11 Å². The van der Waals surface area contributed by atoms with E-state index in [1.807, 2.05) is 0 Å². The highest BCUT2D eigenvalue weighted by Crippen LogP contribution is 2.28. The van der Waals surface area contributed by atoms with Gasteiger partial charge in [0.2, 0.25) is 0 Å². The van der Waals surface area contributed by atoms with Crippen molar-refractivity contribution < 1.29 is 9.84 Å². The second-order valence-corrected chi connectivity index (χ2v) is 5.98. The maximum absolute atomic E-state index is 9.87. The first-order chi connectivity index (χ1) is 9.78. The highest BCUT2D eigenvalue weighted by molar-refractivity contribution is 5.80. The molecule has 0 bridgehead atoms. The Morgan fingerprint density at radius 2 is 2.05 bits per heavy atom. The molecule has 5 nitrogen and oxygen atoms in total. The van der Waals surface area contributed by atoms with Crippen molar-refractivity contribution in [2.75, 3.05) is 26.3 Å². The highest BCUT2D eigenvalue weighted by atomic mass is 16.5. The van der Waals surface area contributed by atoms with Gasteiger partial charge in [0.05, 0.1) is 19.3 Å². The predicted octanol–water partition coefficient (Wildman–Crippen LogP) is 1.27. The average molecular weight is 283 g/mol. The maximum atomic E-state index is 9.87. The highest BCUT2D eigenvalue weighted by Gasteiger charge is 2.21. The fourth-order valence-electron chi connectivity index (χ4n) is 2.49. The number of aliphatic hydroxyl groups is 1. The van der Waals surface area contributed by atoms with Gasteiger partial charge in [-0.15, -0.1) is 0 Å². The van der Waals surface area contributed by atoms with Crippen molar-refractivity contribution in [3.05, 3.63) is 0 Å². The van der Waals surface area contributed by atoms with Crippen LogP contribution in [0.4, 0.5) is 0 Å². The smallest absolute Gasteiger partial charge is 0.191 e. The van der Waals surface area contributed by atoms with Crippen molar-refractivity contribution in [2.45, 2.75) is 57.6 Å². The Morgan fingerprint density at radius 3 is 2.70 bits per heavy atom. The molecule has 2 aliphatic rings. The van der Waals surface area contributed by atoms with Crippen molar-refractivity contribution in [2.24, 2.45) is 10.9 Å². The molecule has 2 fully saturated rings. The number of hydrogen-bond acceptors (Lipinski definition) is 3. The van der Waals surface area contributed by atoms with Gasteiger partial charge >= 0.3 is 0 Å². The van der Waals surface area contributed by atoms with Gasteiger partial charge in [0.15, 0.2) is 5.96 Å². The number of ether oxygens (including phenoxy) is 1. The van der Waals surface area contributed by atoms with Crippen LogP contribution in [-0.2, 0) is 4.74 Å². The lowest BCUT2D eigenvalue weighted by atomic mass is 10.2. The van der Waals surface area contributed by atoms with Crippen molar-refractivity contribution in [1.29, 1.82) is 0 Å². The Balaban J connectivity index is 1.65. The van der Waals surface area contributed by atoms with Crippen molar-refractivity contribution in [1.82, 2.24) is 10.6 Å². The van der Waals surface area contributed by atoms with Crippen LogP contribution in [0, 0.1) is 5.92 Å². The Labute approximate surface area is 122 Å². The van der Waals surface area contributed by atoms with E-state index in [-0.39, 0.29) is 0 Å². The van der Waals surface area contributed by atoms with Gasteiger partial charge in [-0.05, 0) is 38.5 Å². The summed E-state index contributed by atoms with van der Waals surface area (Å²) in [7, 11) is 0. The van der Waals surface area contributed by atoms with Crippen LogP contribution in [-0.4, -0.2) is 49.5 Å². The number of aliphatic hydroxyl groups excluding tert-OH is 1. The fourth-order valence-corrected chi connectivity index (χ4v) is 2.49. The van der Waals surface area contributed by atoms with E-state index in [2.05, 4.69) is 22.5 Å². The van der Waals surface area contributed by atoms with Crippen LogP contribution >= 0.6 is 0 Å². The number of rotatable bonds is 8. The summed E-state index contributed by atoms with van der Waals surface area (Å²) in [6.07, 6.45) is 7.10. The molecular weight excluding hydrogens is 254 g/mol. The monoisotopic (exact) mass is 283 g/mol. The zero-order valence-electron chi connectivity index (χ0n) is 12.6. The van der Waals surface area contributed by atoms with Gasteiger partial charge in [0.1, 0.15) is 0 Å². The number of hydrogen-bond donors (Lipinski definition) is 3. The predicted molar refractivity (Wildman–Crippen MR) is 80.9 cm³/mol. The third-order valence-electron chi connectivity index (χ3n) is 3.86. The van der Waals surface area contributed by atoms with Crippen molar-refractivity contribution >= 4 is 5.96 Å². The van der Waals surface area contributed by atoms with Gasteiger partial charge in [-0.2, -0.15) is 0 Å². The van der Waals surface area contributed by atoms with Crippen molar-refractivity contribution in [3.8, 4) is 0 Å². The quantitative estimate of drug-likeness (QED) is 0.464. The zero-order valence-corrected chi connectivity index (χ0v) is 12.6. The van der Waals surface area contributed by atoms with Gasteiger partial charge in [-0.3, -0.25) is 4.99 Å². The average Bonchev–Trinajstić information content (AvgIpc) is 3.11. The summed E-state index contributed by atoms with van der Waals surface area (Å²) >= 11 is 0. The van der Waals surface area contributed by atoms with Gasteiger partial charge < -0.3 is 20.5 Å². The molecule has 1 atom stereocenters. The van der Waals surface area contributed by atoms with Crippen LogP contribution in [0.3, 0.4) is 0 Å². The third kappa shape index (κ3) is 6.09. The second-order valence-electron chi connectivity index (χ2n) is 5.98. The third-order valence-corrected chi connectivity index (χ3v) is 3.86. The number of aliphatic imine (C=N–C) groups is 1. The molecule has 0 amide bonds. The van der Waals surface area contributed by atoms with E-state index in [0.717, 1.165) is 25.0 Å². The largest absolute Gasteiger partial charge is 0.389 e. The van der Waals surface area contributed by atoms with E-state index < -0.39 is 6.10 Å². The van der Waals surface area contributed by atoms with E-state index >= 15 is 0 Å². The first kappa shape index (κ1) is 15.6. The Hall–Kier alpha value is -0.810. The molecule has 3 N–H and O–H groups in total. The van der Waals surface area contributed by atoms with Crippen LogP contribution in [0.15, 0.2) is 4.99 Å². The topological polar surface area (TPSA) is 65.9 Å². The molecular formula is C15H29N3O2. The lowest BCUT2D eigenvalue weighted by molar-refractivity contribution is 0.0368. The van der Waals surface area contributed by atoms with Crippen LogP contribution < -0.4 is 10.6 Å². The summed E-state index contributed by atoms with van der Waals surface area (Å²) in [6, 6.07) is 0.538. The molecule has 0 saturated heterocycles. The molecule has 116 valence electrons. The molecule has 0 aromatic heterocycles. The summed E-state index contributed by atoms with van der Waals surface area (Å²) in [5.41, 5.74) is 0. The van der Waals surface area contributed by atoms with E-state index in [1.165, 1.54) is 38.5 Å². The lowest BCUT2D eigenvalue weighted by Crippen LogP contribution is -2.42. The molecule has 0 aliphatic heterocycles. The second kappa shape index (κ2) is 8.47. The fraction of sp³-hybridized carbons (Fsp3) is 0.933. The van der Waals surface area contributed by atoms with E-state index in [4.69, 9.17) is 4.74 Å². The molecule has 1 unspecified atom stereocenters. The van der Waals surface area contributed by atoms with Crippen LogP contribution in [0.5, 0.6) is 0 Å². The summed E-state index contributed by atoms with van der Waals surface area (Å²) in [5, 5.41) is 16.6. The minimum atomic E-state index is -0.507. The SMILES string of the molecule is CCNC(=NCC(O)COCC1CC1)NC1CCCC1. The van der Waals surface area contributed by atoms with Gasteiger partial charge in [-0.25, -0.2) is 0 Å². The summed E-state index contributed by atoms with van der Waals surface area (Å²) in [6.45, 7) is 4.48. The molecule has 0 radical (unpaired) electrons. The molecule has 0 spiro atoms. The van der Waals surface area contributed by atoms with Gasteiger partial charge in [-0.1, -0.05) is 12.8 Å². The van der Waals surface area contributed by atoms with Crippen LogP contribution in [0.2, 0.25) is 0 Å². The molecule has 0 heterocycles. The molecule has 5 heteroatoms. The molecule has 0 aromatic rings. The molecule has 2 saturated carbocycles. The van der Waals surface area contributed by atoms with Crippen LogP contribution in [0.1, 0.15) is 45.4 Å². The summed E-state index contributed by atoms with van der Waals surface area (Å²) < 4.78 is 5.48. The maximum Gasteiger partial charge on any atom is 0.191 e. The van der Waals surface area contributed by atoms with Gasteiger partial charge in [0.25, 0.3) is 0 Å². The molecule has 2 rings (SSSR count). The Morgan fingerprint density at radius 1 is 1.30 bits per heavy atom. The van der Waals surface area contributed by atoms with Crippen LogP contribution in [0.25, 0.3) is 0 Å². The normalized spacial score (nSPS) is 22.0. The van der Waals surface area contributed by atoms with Gasteiger partial charge in [0, 0.05) is 19.2 Å². The number of nitrogens with zero attached hydrogens (tertiary/aromatic N) is 1. The summed E-state index contributed by atoms with van der Waals surface area (Å²) in [4.78, 5) is 4.45. The van der Waals surface area contributed by atoms with E-state index in [1.54, 1.807) is 0 Å². The standard InChI is InChI=1S/C15H29N3O2/c1-2-16-15(18-13-5-3-4-6-13)17-9-14(19)11-20-10-12-7-8-12/h12-14,19H,2-11H2,1H3,(H2,16,17,18). The first-order valence-electron chi connectivity index (χ1n) is 8.08. The summed E-state index contributed by atoms with van der Waals surface area (Å²) in [5.74, 6) is 1.56. The van der Waals surface area contributed by atoms with Crippen molar-refractivity contribution in [3.63, 3.8) is 0 Å². The lowest BCUT2D eigenvalue weighted by Gasteiger charge is -2.17. The molecule has 2 aliphatic carbocycles. The number of nitrogens with one attached hydrogen (secondary N) is 2. The van der Waals surface area contributed by atoms with E-state index in [0.29, 0.717) is 19.2 Å². The minimum Gasteiger partial charge on any atom is -0.389 e. The first-order valence-corrected chi connectivity index (χ1v) is 8.08. The number of guanidine groups is 1. The molecule has 0 aromatic carbocycles. The zero-order chi connectivity index (χ0) is 14.2. The molecule has 20 heavy (non-hydrogen) atoms. The Kier molecular flexibility index (Phi) is 6.60.